The van der Waals surface area contributed by atoms with Crippen molar-refractivity contribution >= 4 is 23.6 Å². The quantitative estimate of drug-likeness (QED) is 0.448. The molecule has 0 atom stereocenters. The highest BCUT2D eigenvalue weighted by Gasteiger charge is 2.05. The van der Waals surface area contributed by atoms with Crippen molar-refractivity contribution in [3.8, 4) is 17.2 Å². The van der Waals surface area contributed by atoms with Gasteiger partial charge in [-0.2, -0.15) is 0 Å². The number of ether oxygens (including phenoxy) is 3. The molecule has 0 radical (unpaired) electrons. The Morgan fingerprint density at radius 3 is 2.70 bits per heavy atom. The first-order valence-electron chi connectivity index (χ1n) is 7.08. The highest BCUT2D eigenvalue weighted by atomic mass is 35.5. The van der Waals surface area contributed by atoms with Crippen LogP contribution < -0.4 is 14.2 Å². The van der Waals surface area contributed by atoms with E-state index in [2.05, 4.69) is 0 Å². The maximum Gasteiger partial charge on any atom is 0.336 e. The Morgan fingerprint density at radius 1 is 1.17 bits per heavy atom. The van der Waals surface area contributed by atoms with Gasteiger partial charge in [0.25, 0.3) is 0 Å². The number of halogens is 1. The lowest BCUT2D eigenvalue weighted by Gasteiger charge is -2.09. The van der Waals surface area contributed by atoms with Crippen LogP contribution in [0, 0.1) is 0 Å². The second-order valence-corrected chi connectivity index (χ2v) is 4.99. The van der Waals surface area contributed by atoms with Crippen LogP contribution in [-0.2, 0) is 4.79 Å². The van der Waals surface area contributed by atoms with E-state index in [0.717, 1.165) is 5.56 Å². The van der Waals surface area contributed by atoms with Gasteiger partial charge in [0.05, 0.1) is 13.7 Å². The first kappa shape index (κ1) is 16.9. The van der Waals surface area contributed by atoms with Crippen LogP contribution >= 0.6 is 11.6 Å². The zero-order valence-corrected chi connectivity index (χ0v) is 13.7. The molecule has 0 fully saturated rings. The molecule has 23 heavy (non-hydrogen) atoms. The molecular weight excluding hydrogens is 316 g/mol. The number of hydrogen-bond acceptors (Lipinski definition) is 4. The minimum absolute atomic E-state index is 0.399. The topological polar surface area (TPSA) is 44.8 Å². The van der Waals surface area contributed by atoms with E-state index < -0.39 is 5.97 Å². The highest BCUT2D eigenvalue weighted by molar-refractivity contribution is 6.30. The molecule has 5 heteroatoms. The molecule has 2 aromatic rings. The highest BCUT2D eigenvalue weighted by Crippen LogP contribution is 2.28. The second kappa shape index (κ2) is 8.25. The van der Waals surface area contributed by atoms with Crippen molar-refractivity contribution in [2.24, 2.45) is 0 Å². The van der Waals surface area contributed by atoms with E-state index in [1.165, 1.54) is 6.08 Å². The maximum absolute atomic E-state index is 11.8. The van der Waals surface area contributed by atoms with Gasteiger partial charge in [0.1, 0.15) is 5.75 Å². The molecule has 0 aliphatic heterocycles. The average molecular weight is 333 g/mol. The van der Waals surface area contributed by atoms with Crippen molar-refractivity contribution in [1.29, 1.82) is 0 Å². The summed E-state index contributed by atoms with van der Waals surface area (Å²) >= 11 is 5.84. The summed E-state index contributed by atoms with van der Waals surface area (Å²) in [6.45, 7) is 2.45. The Hall–Kier alpha value is -2.46. The Labute approximate surface area is 140 Å². The molecule has 2 aromatic carbocycles. The van der Waals surface area contributed by atoms with Crippen molar-refractivity contribution in [3.63, 3.8) is 0 Å². The van der Waals surface area contributed by atoms with Crippen LogP contribution in [0.5, 0.6) is 17.2 Å². The second-order valence-electron chi connectivity index (χ2n) is 4.56. The Kier molecular flexibility index (Phi) is 6.06. The van der Waals surface area contributed by atoms with E-state index in [-0.39, 0.29) is 0 Å². The lowest BCUT2D eigenvalue weighted by Crippen LogP contribution is -2.03. The zero-order valence-electron chi connectivity index (χ0n) is 12.9. The van der Waals surface area contributed by atoms with E-state index in [4.69, 9.17) is 25.8 Å². The molecule has 120 valence electrons. The maximum atomic E-state index is 11.8. The molecule has 0 saturated carbocycles. The van der Waals surface area contributed by atoms with Crippen LogP contribution in [0.25, 0.3) is 6.08 Å². The Bertz CT molecular complexity index is 710. The standard InChI is InChI=1S/C18H17ClO4/c1-3-22-16-9-7-13(11-17(16)21-2)8-10-18(20)23-15-6-4-5-14(19)12-15/h4-12H,3H2,1-2H3/b10-8+. The minimum atomic E-state index is -0.486. The third kappa shape index (κ3) is 5.04. The first-order chi connectivity index (χ1) is 11.1. The molecule has 0 unspecified atom stereocenters. The van der Waals surface area contributed by atoms with Crippen molar-refractivity contribution in [2.75, 3.05) is 13.7 Å². The van der Waals surface area contributed by atoms with E-state index >= 15 is 0 Å². The lowest BCUT2D eigenvalue weighted by molar-refractivity contribution is -0.128. The molecule has 0 heterocycles. The predicted octanol–water partition coefficient (Wildman–Crippen LogP) is 4.37. The molecule has 2 rings (SSSR count). The van der Waals surface area contributed by atoms with Crippen LogP contribution in [0.4, 0.5) is 0 Å². The van der Waals surface area contributed by atoms with E-state index in [1.807, 2.05) is 13.0 Å². The first-order valence-corrected chi connectivity index (χ1v) is 7.46. The van der Waals surface area contributed by atoms with Crippen LogP contribution in [-0.4, -0.2) is 19.7 Å². The monoisotopic (exact) mass is 332 g/mol. The molecule has 0 aromatic heterocycles. The minimum Gasteiger partial charge on any atom is -0.493 e. The van der Waals surface area contributed by atoms with Crippen molar-refractivity contribution in [2.45, 2.75) is 6.92 Å². The Morgan fingerprint density at radius 2 is 2.00 bits per heavy atom. The number of carbonyl (C=O) groups excluding carboxylic acids is 1. The molecule has 0 amide bonds. The molecule has 0 saturated heterocycles. The summed E-state index contributed by atoms with van der Waals surface area (Å²) in [6.07, 6.45) is 2.99. The van der Waals surface area contributed by atoms with Gasteiger partial charge in [0.15, 0.2) is 11.5 Å². The lowest BCUT2D eigenvalue weighted by atomic mass is 10.2. The van der Waals surface area contributed by atoms with Crippen LogP contribution in [0.3, 0.4) is 0 Å². The fraction of sp³-hybridized carbons (Fsp3) is 0.167. The van der Waals surface area contributed by atoms with Gasteiger partial charge in [-0.25, -0.2) is 4.79 Å². The normalized spacial score (nSPS) is 10.6. The third-order valence-electron chi connectivity index (χ3n) is 2.91. The number of benzene rings is 2. The van der Waals surface area contributed by atoms with Gasteiger partial charge in [-0.15, -0.1) is 0 Å². The van der Waals surface area contributed by atoms with Gasteiger partial charge < -0.3 is 14.2 Å². The number of rotatable bonds is 6. The van der Waals surface area contributed by atoms with Gasteiger partial charge >= 0.3 is 5.97 Å². The molecule has 4 nitrogen and oxygen atoms in total. The number of methoxy groups -OCH3 is 1. The molecule has 0 spiro atoms. The van der Waals surface area contributed by atoms with Crippen LogP contribution in [0.15, 0.2) is 48.5 Å². The molecule has 0 aliphatic rings. The summed E-state index contributed by atoms with van der Waals surface area (Å²) in [4.78, 5) is 11.8. The third-order valence-corrected chi connectivity index (χ3v) is 3.15. The number of hydrogen-bond donors (Lipinski definition) is 0. The summed E-state index contributed by atoms with van der Waals surface area (Å²) in [5.74, 6) is 1.18. The summed E-state index contributed by atoms with van der Waals surface area (Å²) in [5, 5.41) is 0.510. The van der Waals surface area contributed by atoms with E-state index in [9.17, 15) is 4.79 Å². The van der Waals surface area contributed by atoms with Gasteiger partial charge in [-0.1, -0.05) is 23.7 Å². The summed E-state index contributed by atoms with van der Waals surface area (Å²) < 4.78 is 15.9. The van der Waals surface area contributed by atoms with Gasteiger partial charge in [0, 0.05) is 11.1 Å². The molecule has 0 N–H and O–H groups in total. The predicted molar refractivity (Wildman–Crippen MR) is 90.3 cm³/mol. The van der Waals surface area contributed by atoms with E-state index in [0.29, 0.717) is 28.9 Å². The Balaban J connectivity index is 2.05. The fourth-order valence-electron chi connectivity index (χ4n) is 1.91. The van der Waals surface area contributed by atoms with Gasteiger partial charge in [0.2, 0.25) is 0 Å². The average Bonchev–Trinajstić information content (AvgIpc) is 2.54. The van der Waals surface area contributed by atoms with Gasteiger partial charge in [-0.3, -0.25) is 0 Å². The zero-order chi connectivity index (χ0) is 16.7. The van der Waals surface area contributed by atoms with Gasteiger partial charge in [-0.05, 0) is 48.9 Å². The number of carbonyl (C=O) groups is 1. The van der Waals surface area contributed by atoms with Crippen LogP contribution in [0.2, 0.25) is 5.02 Å². The summed E-state index contributed by atoms with van der Waals surface area (Å²) in [5.41, 5.74) is 0.799. The summed E-state index contributed by atoms with van der Waals surface area (Å²) in [6, 6.07) is 12.1. The van der Waals surface area contributed by atoms with Crippen LogP contribution in [0.1, 0.15) is 12.5 Å². The van der Waals surface area contributed by atoms with Crippen molar-refractivity contribution in [1.82, 2.24) is 0 Å². The molecular formula is C18H17ClO4. The fourth-order valence-corrected chi connectivity index (χ4v) is 2.09. The number of esters is 1. The van der Waals surface area contributed by atoms with Crippen molar-refractivity contribution < 1.29 is 19.0 Å². The summed E-state index contributed by atoms with van der Waals surface area (Å²) in [7, 11) is 1.57. The smallest absolute Gasteiger partial charge is 0.336 e. The van der Waals surface area contributed by atoms with E-state index in [1.54, 1.807) is 49.6 Å². The largest absolute Gasteiger partial charge is 0.493 e. The molecule has 0 bridgehead atoms. The van der Waals surface area contributed by atoms with Crippen molar-refractivity contribution in [3.05, 3.63) is 59.1 Å². The molecule has 0 aliphatic carbocycles. The SMILES string of the molecule is CCOc1ccc(/C=C/C(=O)Oc2cccc(Cl)c2)cc1OC.